The first kappa shape index (κ1) is 15.5. The number of rotatable bonds is 2. The lowest BCUT2D eigenvalue weighted by Crippen LogP contribution is -2.48. The molecule has 1 atom stereocenters. The maximum absolute atomic E-state index is 12.5. The number of amides is 2. The van der Waals surface area contributed by atoms with Crippen LogP contribution in [0.1, 0.15) is 24.8 Å². The van der Waals surface area contributed by atoms with Crippen LogP contribution in [0.3, 0.4) is 0 Å². The molecular formula is C15H20N4O4. The molecule has 3 rings (SSSR count). The van der Waals surface area contributed by atoms with E-state index in [1.165, 1.54) is 0 Å². The molecule has 0 unspecified atom stereocenters. The Hall–Kier alpha value is -2.38. The summed E-state index contributed by atoms with van der Waals surface area (Å²) in [5.41, 5.74) is -1.25. The average Bonchev–Trinajstić information content (AvgIpc) is 2.94. The van der Waals surface area contributed by atoms with Crippen LogP contribution in [0.25, 0.3) is 0 Å². The lowest BCUT2D eigenvalue weighted by Gasteiger charge is -2.37. The molecule has 1 aromatic heterocycles. The van der Waals surface area contributed by atoms with Gasteiger partial charge in [-0.15, -0.1) is 0 Å². The molecule has 0 aromatic carbocycles. The second kappa shape index (κ2) is 5.68. The fraction of sp³-hybridized carbons (Fsp3) is 0.600. The van der Waals surface area contributed by atoms with Gasteiger partial charge < -0.3 is 9.80 Å². The van der Waals surface area contributed by atoms with Gasteiger partial charge in [-0.1, -0.05) is 0 Å². The molecule has 2 amide bonds. The molecule has 8 heteroatoms. The fourth-order valence-corrected chi connectivity index (χ4v) is 3.60. The molecule has 2 saturated heterocycles. The molecule has 1 spiro atoms. The molecule has 2 fully saturated rings. The normalized spacial score (nSPS) is 24.5. The summed E-state index contributed by atoms with van der Waals surface area (Å²) in [6, 6.07) is 1.14. The van der Waals surface area contributed by atoms with E-state index in [1.807, 2.05) is 0 Å². The van der Waals surface area contributed by atoms with Crippen LogP contribution < -0.4 is 11.1 Å². The smallest absolute Gasteiger partial charge is 0.266 e. The van der Waals surface area contributed by atoms with E-state index >= 15 is 0 Å². The van der Waals surface area contributed by atoms with Crippen molar-refractivity contribution in [2.24, 2.45) is 5.41 Å². The standard InChI is InChI=1S/C15H20N4O4/c1-18-5-2-3-15(14(18)23)4-6-19(9-15)12(21)8-10-7-11(20)16-17-13(10)22/h7H,2-6,8-9H2,1H3,(H,16,20)(H,17,22)/t15-/m0/s1. The van der Waals surface area contributed by atoms with Crippen LogP contribution in [0.2, 0.25) is 0 Å². The van der Waals surface area contributed by atoms with E-state index in [4.69, 9.17) is 0 Å². The number of carbonyl (C=O) groups excluding carboxylic acids is 2. The Balaban J connectivity index is 1.73. The average molecular weight is 320 g/mol. The van der Waals surface area contributed by atoms with Gasteiger partial charge in [-0.2, -0.15) is 0 Å². The lowest BCUT2D eigenvalue weighted by molar-refractivity contribution is -0.144. The maximum atomic E-state index is 12.5. The van der Waals surface area contributed by atoms with E-state index in [1.54, 1.807) is 16.8 Å². The monoisotopic (exact) mass is 320 g/mol. The Kier molecular flexibility index (Phi) is 3.83. The quantitative estimate of drug-likeness (QED) is 0.734. The van der Waals surface area contributed by atoms with Crippen LogP contribution in [0, 0.1) is 5.41 Å². The molecule has 1 aromatic rings. The van der Waals surface area contributed by atoms with Gasteiger partial charge in [0.15, 0.2) is 0 Å². The van der Waals surface area contributed by atoms with Crippen molar-refractivity contribution >= 4 is 11.8 Å². The summed E-state index contributed by atoms with van der Waals surface area (Å²) in [6.07, 6.45) is 2.27. The third-order valence-electron chi connectivity index (χ3n) is 4.89. The topological polar surface area (TPSA) is 106 Å². The second-order valence-electron chi connectivity index (χ2n) is 6.47. The fourth-order valence-electron chi connectivity index (χ4n) is 3.60. The van der Waals surface area contributed by atoms with Gasteiger partial charge in [0, 0.05) is 38.3 Å². The highest BCUT2D eigenvalue weighted by Gasteiger charge is 2.48. The van der Waals surface area contributed by atoms with Crippen molar-refractivity contribution in [3.63, 3.8) is 0 Å². The summed E-state index contributed by atoms with van der Waals surface area (Å²) in [4.78, 5) is 51.2. The lowest BCUT2D eigenvalue weighted by atomic mass is 9.78. The number of piperidine rings is 1. The predicted octanol–water partition coefficient (Wildman–Crippen LogP) is -0.923. The first-order valence-electron chi connectivity index (χ1n) is 7.75. The van der Waals surface area contributed by atoms with Gasteiger partial charge in [0.05, 0.1) is 11.8 Å². The minimum absolute atomic E-state index is 0.105. The van der Waals surface area contributed by atoms with Gasteiger partial charge >= 0.3 is 0 Å². The van der Waals surface area contributed by atoms with Gasteiger partial charge in [-0.3, -0.25) is 29.4 Å². The van der Waals surface area contributed by atoms with Crippen molar-refractivity contribution in [3.8, 4) is 0 Å². The zero-order chi connectivity index (χ0) is 16.6. The minimum Gasteiger partial charge on any atom is -0.345 e. The molecule has 124 valence electrons. The molecular weight excluding hydrogens is 300 g/mol. The Morgan fingerprint density at radius 3 is 2.78 bits per heavy atom. The highest BCUT2D eigenvalue weighted by atomic mass is 16.2. The Morgan fingerprint density at radius 2 is 2.00 bits per heavy atom. The van der Waals surface area contributed by atoms with Crippen molar-refractivity contribution in [2.75, 3.05) is 26.7 Å². The number of hydrogen-bond acceptors (Lipinski definition) is 4. The van der Waals surface area contributed by atoms with Crippen LogP contribution in [-0.2, 0) is 16.0 Å². The highest BCUT2D eigenvalue weighted by molar-refractivity contribution is 5.86. The zero-order valence-electron chi connectivity index (χ0n) is 13.1. The first-order chi connectivity index (χ1) is 10.9. The van der Waals surface area contributed by atoms with Crippen LogP contribution in [-0.4, -0.2) is 58.5 Å². The van der Waals surface area contributed by atoms with E-state index in [9.17, 15) is 19.2 Å². The molecule has 0 radical (unpaired) electrons. The summed E-state index contributed by atoms with van der Waals surface area (Å²) in [5, 5.41) is 4.38. The van der Waals surface area contributed by atoms with E-state index in [0.29, 0.717) is 19.5 Å². The molecule has 0 aliphatic carbocycles. The number of H-pyrrole nitrogens is 2. The Morgan fingerprint density at radius 1 is 1.22 bits per heavy atom. The number of carbonyl (C=O) groups is 2. The van der Waals surface area contributed by atoms with Gasteiger partial charge in [-0.05, 0) is 19.3 Å². The van der Waals surface area contributed by atoms with Crippen molar-refractivity contribution < 1.29 is 9.59 Å². The van der Waals surface area contributed by atoms with Gasteiger partial charge in [0.2, 0.25) is 11.8 Å². The van der Waals surface area contributed by atoms with Crippen LogP contribution in [0.5, 0.6) is 0 Å². The number of likely N-dealkylation sites (tertiary alicyclic amines) is 2. The van der Waals surface area contributed by atoms with Gasteiger partial charge in [0.1, 0.15) is 0 Å². The molecule has 0 bridgehead atoms. The summed E-state index contributed by atoms with van der Waals surface area (Å²) >= 11 is 0. The van der Waals surface area contributed by atoms with Crippen LogP contribution in [0.4, 0.5) is 0 Å². The number of hydrogen-bond donors (Lipinski definition) is 2. The number of nitrogens with zero attached hydrogens (tertiary/aromatic N) is 2. The molecule has 2 N–H and O–H groups in total. The van der Waals surface area contributed by atoms with Crippen LogP contribution in [0.15, 0.2) is 15.7 Å². The Labute approximate surface area is 132 Å². The third kappa shape index (κ3) is 2.80. The highest BCUT2D eigenvalue weighted by Crippen LogP contribution is 2.39. The Bertz CT molecular complexity index is 752. The van der Waals surface area contributed by atoms with E-state index < -0.39 is 16.5 Å². The van der Waals surface area contributed by atoms with Crippen LogP contribution >= 0.6 is 0 Å². The van der Waals surface area contributed by atoms with E-state index in [-0.39, 0.29) is 23.8 Å². The number of nitrogens with one attached hydrogen (secondary N) is 2. The number of aromatic nitrogens is 2. The maximum Gasteiger partial charge on any atom is 0.266 e. The molecule has 23 heavy (non-hydrogen) atoms. The van der Waals surface area contributed by atoms with Crippen molar-refractivity contribution in [1.82, 2.24) is 20.0 Å². The zero-order valence-corrected chi connectivity index (χ0v) is 13.1. The first-order valence-corrected chi connectivity index (χ1v) is 7.75. The van der Waals surface area contributed by atoms with Gasteiger partial charge in [0.25, 0.3) is 11.1 Å². The second-order valence-corrected chi connectivity index (χ2v) is 6.47. The minimum atomic E-state index is -0.472. The largest absolute Gasteiger partial charge is 0.345 e. The molecule has 3 heterocycles. The summed E-state index contributed by atoms with van der Waals surface area (Å²) in [5.74, 6) is -0.118. The van der Waals surface area contributed by atoms with Crippen molar-refractivity contribution in [3.05, 3.63) is 32.3 Å². The van der Waals surface area contributed by atoms with Crippen molar-refractivity contribution in [1.29, 1.82) is 0 Å². The van der Waals surface area contributed by atoms with Crippen molar-refractivity contribution in [2.45, 2.75) is 25.7 Å². The SMILES string of the molecule is CN1CCC[C@@]2(CCN(C(=O)Cc3cc(=O)[nH][nH]c3=O)C2)C1=O. The number of aromatic amines is 2. The predicted molar refractivity (Wildman–Crippen MR) is 81.9 cm³/mol. The van der Waals surface area contributed by atoms with E-state index in [0.717, 1.165) is 25.5 Å². The van der Waals surface area contributed by atoms with E-state index in [2.05, 4.69) is 10.2 Å². The molecule has 0 saturated carbocycles. The third-order valence-corrected chi connectivity index (χ3v) is 4.89. The summed E-state index contributed by atoms with van der Waals surface area (Å²) < 4.78 is 0. The molecule has 8 nitrogen and oxygen atoms in total. The molecule has 2 aliphatic rings. The summed E-state index contributed by atoms with van der Waals surface area (Å²) in [6.45, 7) is 1.67. The summed E-state index contributed by atoms with van der Waals surface area (Å²) in [7, 11) is 1.80. The molecule has 2 aliphatic heterocycles. The van der Waals surface area contributed by atoms with Gasteiger partial charge in [-0.25, -0.2) is 0 Å².